The van der Waals surface area contributed by atoms with Gasteiger partial charge < -0.3 is 5.32 Å². The van der Waals surface area contributed by atoms with Crippen molar-refractivity contribution in [3.63, 3.8) is 0 Å². The molecule has 2 heterocycles. The summed E-state index contributed by atoms with van der Waals surface area (Å²) in [6.07, 6.45) is 5.05. The Labute approximate surface area is 121 Å². The fraction of sp³-hybridized carbons (Fsp3) is 0.400. The molecule has 0 aromatic carbocycles. The number of hydrogen-bond acceptors (Lipinski definition) is 3. The summed E-state index contributed by atoms with van der Waals surface area (Å²) in [7, 11) is 0. The molecule has 1 aliphatic rings. The summed E-state index contributed by atoms with van der Waals surface area (Å²) in [6, 6.07) is 8.22. The lowest BCUT2D eigenvalue weighted by molar-refractivity contribution is 0.0927. The number of rotatable bonds is 4. The van der Waals surface area contributed by atoms with Crippen molar-refractivity contribution in [1.29, 1.82) is 0 Å². The monoisotopic (exact) mass is 291 g/mol. The third-order valence-corrected chi connectivity index (χ3v) is 5.58. The average Bonchev–Trinajstić information content (AvgIpc) is 3.17. The van der Waals surface area contributed by atoms with Crippen LogP contribution in [0.3, 0.4) is 0 Å². The van der Waals surface area contributed by atoms with Gasteiger partial charge in [0.1, 0.15) is 0 Å². The first kappa shape index (κ1) is 12.9. The summed E-state index contributed by atoms with van der Waals surface area (Å²) in [5.74, 6) is 0.669. The normalized spacial score (nSPS) is 17.5. The first-order chi connectivity index (χ1) is 9.34. The van der Waals surface area contributed by atoms with Crippen LogP contribution in [0.15, 0.2) is 35.0 Å². The highest BCUT2D eigenvalue weighted by atomic mass is 32.1. The maximum absolute atomic E-state index is 12.3. The molecule has 1 atom stereocenters. The first-order valence-corrected chi connectivity index (χ1v) is 8.48. The van der Waals surface area contributed by atoms with Gasteiger partial charge in [0.25, 0.3) is 5.91 Å². The summed E-state index contributed by atoms with van der Waals surface area (Å²) in [6.45, 7) is 0. The molecule has 1 aliphatic carbocycles. The van der Waals surface area contributed by atoms with E-state index in [9.17, 15) is 4.79 Å². The minimum absolute atomic E-state index is 0.0697. The molecule has 3 rings (SSSR count). The summed E-state index contributed by atoms with van der Waals surface area (Å²) in [5, 5.41) is 7.29. The molecule has 2 aromatic rings. The van der Waals surface area contributed by atoms with Gasteiger partial charge in [-0.25, -0.2) is 0 Å². The largest absolute Gasteiger partial charge is 0.343 e. The molecule has 4 heteroatoms. The highest BCUT2D eigenvalue weighted by Gasteiger charge is 2.28. The quantitative estimate of drug-likeness (QED) is 0.884. The zero-order valence-corrected chi connectivity index (χ0v) is 12.3. The topological polar surface area (TPSA) is 29.1 Å². The number of thiophene rings is 2. The van der Waals surface area contributed by atoms with Gasteiger partial charge in [0.2, 0.25) is 0 Å². The molecule has 0 bridgehead atoms. The van der Waals surface area contributed by atoms with Crippen LogP contribution < -0.4 is 5.32 Å². The smallest absolute Gasteiger partial charge is 0.261 e. The highest BCUT2D eigenvalue weighted by Crippen LogP contribution is 2.37. The lowest BCUT2D eigenvalue weighted by Gasteiger charge is -2.23. The molecule has 1 saturated carbocycles. The summed E-state index contributed by atoms with van der Waals surface area (Å²) < 4.78 is 0. The van der Waals surface area contributed by atoms with E-state index >= 15 is 0 Å². The van der Waals surface area contributed by atoms with Crippen LogP contribution in [0.2, 0.25) is 0 Å². The van der Waals surface area contributed by atoms with E-state index < -0.39 is 0 Å². The Kier molecular flexibility index (Phi) is 3.99. The van der Waals surface area contributed by atoms with Crippen molar-refractivity contribution in [1.82, 2.24) is 5.32 Å². The summed E-state index contributed by atoms with van der Waals surface area (Å²) >= 11 is 3.25. The second kappa shape index (κ2) is 5.88. The van der Waals surface area contributed by atoms with Gasteiger partial charge in [-0.2, -0.15) is 0 Å². The van der Waals surface area contributed by atoms with E-state index in [1.165, 1.54) is 41.9 Å². The Morgan fingerprint density at radius 1 is 1.16 bits per heavy atom. The molecular formula is C15H17NOS2. The van der Waals surface area contributed by atoms with E-state index in [0.29, 0.717) is 5.92 Å². The van der Waals surface area contributed by atoms with Crippen molar-refractivity contribution >= 4 is 28.6 Å². The SMILES string of the molecule is O=C(NC(c1cccs1)C1CCCC1)c1cccs1. The number of hydrogen-bond donors (Lipinski definition) is 1. The van der Waals surface area contributed by atoms with Crippen LogP contribution in [0.4, 0.5) is 0 Å². The predicted molar refractivity (Wildman–Crippen MR) is 80.8 cm³/mol. The van der Waals surface area contributed by atoms with Crippen LogP contribution >= 0.6 is 22.7 Å². The van der Waals surface area contributed by atoms with Crippen LogP contribution in [-0.2, 0) is 0 Å². The first-order valence-electron chi connectivity index (χ1n) is 6.72. The molecule has 100 valence electrons. The van der Waals surface area contributed by atoms with Crippen LogP contribution in [0.25, 0.3) is 0 Å². The number of amides is 1. The zero-order chi connectivity index (χ0) is 13.1. The van der Waals surface area contributed by atoms with Crippen molar-refractivity contribution in [3.8, 4) is 0 Å². The Bertz CT molecular complexity index is 512. The third-order valence-electron chi connectivity index (χ3n) is 3.75. The molecule has 2 nitrogen and oxygen atoms in total. The average molecular weight is 291 g/mol. The fourth-order valence-electron chi connectivity index (χ4n) is 2.80. The molecule has 2 aromatic heterocycles. The standard InChI is InChI=1S/C15H17NOS2/c17-15(13-8-4-10-19-13)16-14(11-5-1-2-6-11)12-7-3-9-18-12/h3-4,7-11,14H,1-2,5-6H2,(H,16,17). The van der Waals surface area contributed by atoms with Gasteiger partial charge in [0, 0.05) is 4.88 Å². The fourth-order valence-corrected chi connectivity index (χ4v) is 4.30. The molecule has 1 fully saturated rings. The number of carbonyl (C=O) groups is 1. The lowest BCUT2D eigenvalue weighted by Crippen LogP contribution is -2.31. The van der Waals surface area contributed by atoms with Gasteiger partial charge in [0.05, 0.1) is 10.9 Å². The molecule has 0 aliphatic heterocycles. The van der Waals surface area contributed by atoms with Gasteiger partial charge in [0.15, 0.2) is 0 Å². The molecule has 0 radical (unpaired) electrons. The van der Waals surface area contributed by atoms with E-state index in [2.05, 4.69) is 22.8 Å². The lowest BCUT2D eigenvalue weighted by atomic mass is 9.96. The Morgan fingerprint density at radius 2 is 1.89 bits per heavy atom. The Balaban J connectivity index is 1.77. The van der Waals surface area contributed by atoms with Gasteiger partial charge >= 0.3 is 0 Å². The van der Waals surface area contributed by atoms with Crippen molar-refractivity contribution in [2.75, 3.05) is 0 Å². The van der Waals surface area contributed by atoms with Gasteiger partial charge in [-0.3, -0.25) is 4.79 Å². The van der Waals surface area contributed by atoms with Crippen LogP contribution in [0.1, 0.15) is 46.3 Å². The minimum Gasteiger partial charge on any atom is -0.343 e. The van der Waals surface area contributed by atoms with Gasteiger partial charge in [-0.05, 0) is 41.7 Å². The minimum atomic E-state index is 0.0697. The zero-order valence-electron chi connectivity index (χ0n) is 10.7. The van der Waals surface area contributed by atoms with Crippen LogP contribution in [-0.4, -0.2) is 5.91 Å². The Hall–Kier alpha value is -1.13. The highest BCUT2D eigenvalue weighted by molar-refractivity contribution is 7.12. The Morgan fingerprint density at radius 3 is 2.53 bits per heavy atom. The van der Waals surface area contributed by atoms with E-state index in [4.69, 9.17) is 0 Å². The van der Waals surface area contributed by atoms with Gasteiger partial charge in [-0.15, -0.1) is 22.7 Å². The second-order valence-electron chi connectivity index (χ2n) is 4.99. The molecule has 1 unspecified atom stereocenters. The molecule has 1 N–H and O–H groups in total. The molecule has 19 heavy (non-hydrogen) atoms. The van der Waals surface area contributed by atoms with Crippen LogP contribution in [0, 0.1) is 5.92 Å². The second-order valence-corrected chi connectivity index (χ2v) is 6.92. The van der Waals surface area contributed by atoms with E-state index in [0.717, 1.165) is 4.88 Å². The third kappa shape index (κ3) is 2.90. The van der Waals surface area contributed by atoms with Crippen molar-refractivity contribution in [2.45, 2.75) is 31.7 Å². The van der Waals surface area contributed by atoms with Gasteiger partial charge in [-0.1, -0.05) is 25.0 Å². The number of carbonyl (C=O) groups excluding carboxylic acids is 1. The van der Waals surface area contributed by atoms with E-state index in [1.807, 2.05) is 17.5 Å². The molecular weight excluding hydrogens is 274 g/mol. The predicted octanol–water partition coefficient (Wildman–Crippen LogP) is 4.47. The summed E-state index contributed by atoms with van der Waals surface area (Å²) in [5.41, 5.74) is 0. The maximum atomic E-state index is 12.3. The van der Waals surface area contributed by atoms with E-state index in [1.54, 1.807) is 11.3 Å². The summed E-state index contributed by atoms with van der Waals surface area (Å²) in [4.78, 5) is 14.4. The number of nitrogens with one attached hydrogen (secondary N) is 1. The van der Waals surface area contributed by atoms with Crippen molar-refractivity contribution in [3.05, 3.63) is 44.8 Å². The van der Waals surface area contributed by atoms with Crippen molar-refractivity contribution in [2.24, 2.45) is 5.92 Å². The molecule has 0 spiro atoms. The molecule has 0 saturated heterocycles. The maximum Gasteiger partial charge on any atom is 0.261 e. The molecule has 1 amide bonds. The van der Waals surface area contributed by atoms with E-state index in [-0.39, 0.29) is 11.9 Å². The van der Waals surface area contributed by atoms with Crippen LogP contribution in [0.5, 0.6) is 0 Å². The van der Waals surface area contributed by atoms with Crippen molar-refractivity contribution < 1.29 is 4.79 Å².